The molecule has 2 N–H and O–H groups in total. The number of nitrogens with one attached hydrogen (secondary N) is 2. The van der Waals surface area contributed by atoms with Crippen LogP contribution in [-0.2, 0) is 14.3 Å². The first-order valence-corrected chi connectivity index (χ1v) is 14.5. The van der Waals surface area contributed by atoms with Crippen LogP contribution in [0.5, 0.6) is 0 Å². The van der Waals surface area contributed by atoms with Crippen molar-refractivity contribution in [2.24, 2.45) is 17.8 Å². The summed E-state index contributed by atoms with van der Waals surface area (Å²) in [6.07, 6.45) is 2.23. The normalized spacial score (nSPS) is 24.9. The number of rotatable bonds is 8. The van der Waals surface area contributed by atoms with Crippen LogP contribution in [0.15, 0.2) is 54.6 Å². The second-order valence-electron chi connectivity index (χ2n) is 12.3. The molecule has 5 atom stereocenters. The van der Waals surface area contributed by atoms with Crippen LogP contribution in [0.1, 0.15) is 72.4 Å². The number of fused-ring (bicyclic) bond motifs is 1. The zero-order chi connectivity index (χ0) is 28.3. The molecule has 2 aromatic carbocycles. The fourth-order valence-corrected chi connectivity index (χ4v) is 6.28. The SMILES string of the molecule is CC(C)(C)OC(=O)c1cccc(C(=O)N2CC3CNCC3C2CC[C@H](NC(=O)C2CCOC2)c2ccccc2)c1. The van der Waals surface area contributed by atoms with Gasteiger partial charge in [0.1, 0.15) is 5.60 Å². The summed E-state index contributed by atoms with van der Waals surface area (Å²) in [6.45, 7) is 9.02. The van der Waals surface area contributed by atoms with Gasteiger partial charge < -0.3 is 25.0 Å². The standard InChI is InChI=1S/C32H41N3O5/c1-32(2,3)40-31(38)23-11-7-10-22(16-23)30(37)35-19-25-17-33-18-26(25)28(35)13-12-27(21-8-5-4-6-9-21)34-29(36)24-14-15-39-20-24/h4-11,16,24-28,33H,12-15,17-20H2,1-3H3,(H,34,36)/t24?,25?,26?,27-,28?/m0/s1. The van der Waals surface area contributed by atoms with Crippen molar-refractivity contribution in [3.63, 3.8) is 0 Å². The van der Waals surface area contributed by atoms with E-state index in [-0.39, 0.29) is 29.8 Å². The van der Waals surface area contributed by atoms with Crippen molar-refractivity contribution >= 4 is 17.8 Å². The summed E-state index contributed by atoms with van der Waals surface area (Å²) in [5.74, 6) is 0.168. The number of benzene rings is 2. The predicted molar refractivity (Wildman–Crippen MR) is 152 cm³/mol. The maximum atomic E-state index is 13.9. The largest absolute Gasteiger partial charge is 0.456 e. The third kappa shape index (κ3) is 6.56. The van der Waals surface area contributed by atoms with Gasteiger partial charge in [0.2, 0.25) is 5.91 Å². The fraction of sp³-hybridized carbons (Fsp3) is 0.531. The molecule has 214 valence electrons. The zero-order valence-electron chi connectivity index (χ0n) is 23.7. The van der Waals surface area contributed by atoms with Crippen LogP contribution in [0, 0.1) is 17.8 Å². The number of amides is 2. The molecule has 40 heavy (non-hydrogen) atoms. The highest BCUT2D eigenvalue weighted by Crippen LogP contribution is 2.37. The molecule has 2 amide bonds. The van der Waals surface area contributed by atoms with E-state index in [1.54, 1.807) is 24.3 Å². The summed E-state index contributed by atoms with van der Waals surface area (Å²) in [5, 5.41) is 6.79. The van der Waals surface area contributed by atoms with E-state index < -0.39 is 11.6 Å². The van der Waals surface area contributed by atoms with E-state index in [0.717, 1.165) is 37.9 Å². The Labute approximate surface area is 236 Å². The van der Waals surface area contributed by atoms with Crippen LogP contribution in [0.25, 0.3) is 0 Å². The Morgan fingerprint density at radius 1 is 1.07 bits per heavy atom. The highest BCUT2D eigenvalue weighted by Gasteiger charge is 2.46. The minimum atomic E-state index is -0.614. The molecule has 3 saturated heterocycles. The van der Waals surface area contributed by atoms with E-state index in [4.69, 9.17) is 9.47 Å². The van der Waals surface area contributed by atoms with Gasteiger partial charge in [-0.05, 0) is 75.6 Å². The first-order chi connectivity index (χ1) is 19.2. The summed E-state index contributed by atoms with van der Waals surface area (Å²) in [4.78, 5) is 41.6. The molecule has 8 nitrogen and oxygen atoms in total. The maximum Gasteiger partial charge on any atom is 0.338 e. The second-order valence-corrected chi connectivity index (χ2v) is 12.3. The van der Waals surface area contributed by atoms with Gasteiger partial charge in [0.15, 0.2) is 0 Å². The Morgan fingerprint density at radius 2 is 1.85 bits per heavy atom. The van der Waals surface area contributed by atoms with E-state index in [0.29, 0.717) is 42.7 Å². The summed E-state index contributed by atoms with van der Waals surface area (Å²) in [7, 11) is 0. The Kier molecular flexibility index (Phi) is 8.57. The van der Waals surface area contributed by atoms with Crippen LogP contribution in [-0.4, -0.2) is 67.2 Å². The van der Waals surface area contributed by atoms with Crippen molar-refractivity contribution in [1.82, 2.24) is 15.5 Å². The number of esters is 1. The lowest BCUT2D eigenvalue weighted by atomic mass is 9.89. The van der Waals surface area contributed by atoms with E-state index in [9.17, 15) is 14.4 Å². The van der Waals surface area contributed by atoms with Gasteiger partial charge in [-0.3, -0.25) is 9.59 Å². The fourth-order valence-electron chi connectivity index (χ4n) is 6.28. The summed E-state index contributed by atoms with van der Waals surface area (Å²) < 4.78 is 11.0. The molecule has 3 aliphatic rings. The average molecular weight is 548 g/mol. The molecular weight excluding hydrogens is 506 g/mol. The molecule has 0 aliphatic carbocycles. The van der Waals surface area contributed by atoms with E-state index in [1.807, 2.05) is 43.9 Å². The van der Waals surface area contributed by atoms with Crippen LogP contribution in [0.2, 0.25) is 0 Å². The monoisotopic (exact) mass is 547 g/mol. The van der Waals surface area contributed by atoms with Gasteiger partial charge in [-0.2, -0.15) is 0 Å². The van der Waals surface area contributed by atoms with Crippen LogP contribution in [0.4, 0.5) is 0 Å². The summed E-state index contributed by atoms with van der Waals surface area (Å²) in [5.41, 5.74) is 1.32. The van der Waals surface area contributed by atoms with Crippen molar-refractivity contribution in [2.75, 3.05) is 32.8 Å². The minimum Gasteiger partial charge on any atom is -0.456 e. The number of likely N-dealkylation sites (tertiary alicyclic amines) is 1. The van der Waals surface area contributed by atoms with Crippen molar-refractivity contribution in [3.05, 3.63) is 71.3 Å². The van der Waals surface area contributed by atoms with E-state index in [1.165, 1.54) is 0 Å². The number of carbonyl (C=O) groups is 3. The highest BCUT2D eigenvalue weighted by atomic mass is 16.6. The maximum absolute atomic E-state index is 13.9. The predicted octanol–water partition coefficient (Wildman–Crippen LogP) is 3.98. The van der Waals surface area contributed by atoms with Crippen LogP contribution >= 0.6 is 0 Å². The quantitative estimate of drug-likeness (QED) is 0.486. The second kappa shape index (κ2) is 12.1. The zero-order valence-corrected chi connectivity index (χ0v) is 23.7. The van der Waals surface area contributed by atoms with Gasteiger partial charge in [0.25, 0.3) is 5.91 Å². The van der Waals surface area contributed by atoms with Crippen LogP contribution in [0.3, 0.4) is 0 Å². The van der Waals surface area contributed by atoms with Gasteiger partial charge in [0.05, 0.1) is 24.1 Å². The first kappa shape index (κ1) is 28.3. The Balaban J connectivity index is 1.33. The van der Waals surface area contributed by atoms with Crippen molar-refractivity contribution in [1.29, 1.82) is 0 Å². The molecule has 0 bridgehead atoms. The molecule has 0 aromatic heterocycles. The Morgan fingerprint density at radius 3 is 2.58 bits per heavy atom. The number of ether oxygens (including phenoxy) is 2. The van der Waals surface area contributed by atoms with E-state index >= 15 is 0 Å². The Hall–Kier alpha value is -3.23. The third-order valence-corrected chi connectivity index (χ3v) is 8.29. The third-order valence-electron chi connectivity index (χ3n) is 8.29. The van der Waals surface area contributed by atoms with Crippen molar-refractivity contribution < 1.29 is 23.9 Å². The lowest BCUT2D eigenvalue weighted by Gasteiger charge is -2.30. The van der Waals surface area contributed by atoms with Crippen molar-refractivity contribution in [2.45, 2.75) is 57.7 Å². The van der Waals surface area contributed by atoms with Gasteiger partial charge >= 0.3 is 5.97 Å². The van der Waals surface area contributed by atoms with Crippen molar-refractivity contribution in [3.8, 4) is 0 Å². The molecule has 4 unspecified atom stereocenters. The minimum absolute atomic E-state index is 0.0325. The van der Waals surface area contributed by atoms with Gasteiger partial charge in [-0.1, -0.05) is 36.4 Å². The molecule has 3 aliphatic heterocycles. The van der Waals surface area contributed by atoms with Gasteiger partial charge in [0, 0.05) is 37.8 Å². The lowest BCUT2D eigenvalue weighted by Crippen LogP contribution is -2.41. The molecule has 5 rings (SSSR count). The van der Waals surface area contributed by atoms with Crippen LogP contribution < -0.4 is 10.6 Å². The number of hydrogen-bond acceptors (Lipinski definition) is 6. The molecule has 0 saturated carbocycles. The van der Waals surface area contributed by atoms with Gasteiger partial charge in [-0.25, -0.2) is 4.79 Å². The molecular formula is C32H41N3O5. The average Bonchev–Trinajstić information content (AvgIpc) is 3.69. The molecule has 0 radical (unpaired) electrons. The number of carbonyl (C=O) groups excluding carboxylic acids is 3. The molecule has 2 aromatic rings. The lowest BCUT2D eigenvalue weighted by molar-refractivity contribution is -0.125. The summed E-state index contributed by atoms with van der Waals surface area (Å²) >= 11 is 0. The number of nitrogens with zero attached hydrogens (tertiary/aromatic N) is 1. The summed E-state index contributed by atoms with van der Waals surface area (Å²) in [6, 6.07) is 16.8. The molecule has 3 fully saturated rings. The highest BCUT2D eigenvalue weighted by molar-refractivity contribution is 5.98. The molecule has 8 heteroatoms. The first-order valence-electron chi connectivity index (χ1n) is 14.5. The van der Waals surface area contributed by atoms with Gasteiger partial charge in [-0.15, -0.1) is 0 Å². The van der Waals surface area contributed by atoms with E-state index in [2.05, 4.69) is 22.8 Å². The molecule has 0 spiro atoms. The smallest absolute Gasteiger partial charge is 0.338 e. The topological polar surface area (TPSA) is 97.0 Å². The Bertz CT molecular complexity index is 1200. The number of hydrogen-bond donors (Lipinski definition) is 2. The molecule has 3 heterocycles.